The van der Waals surface area contributed by atoms with Crippen molar-refractivity contribution in [1.29, 1.82) is 0 Å². The van der Waals surface area contributed by atoms with Crippen LogP contribution in [0.25, 0.3) is 0 Å². The number of hydrogen-bond acceptors (Lipinski definition) is 4. The Morgan fingerprint density at radius 1 is 1.22 bits per heavy atom. The van der Waals surface area contributed by atoms with E-state index in [2.05, 4.69) is 60.4 Å². The van der Waals surface area contributed by atoms with Gasteiger partial charge in [0, 0.05) is 17.7 Å². The lowest BCUT2D eigenvalue weighted by Gasteiger charge is -2.38. The summed E-state index contributed by atoms with van der Waals surface area (Å²) in [6.07, 6.45) is 2.96. The minimum atomic E-state index is -0.187. The van der Waals surface area contributed by atoms with E-state index in [4.69, 9.17) is 0 Å². The number of carbonyl (C=O) groups is 1. The number of nitrogens with zero attached hydrogens (tertiary/aromatic N) is 3. The molecule has 23 heavy (non-hydrogen) atoms. The molecule has 1 unspecified atom stereocenters. The Kier molecular flexibility index (Phi) is 2.95. The highest BCUT2D eigenvalue weighted by Gasteiger charge is 2.41. The number of benzene rings is 1. The second-order valence-electron chi connectivity index (χ2n) is 7.30. The van der Waals surface area contributed by atoms with Gasteiger partial charge in [0.1, 0.15) is 12.4 Å². The molecule has 0 spiro atoms. The number of carbonyl (C=O) groups excluding carboxylic acids is 1. The second-order valence-corrected chi connectivity index (χ2v) is 7.30. The molecule has 0 saturated heterocycles. The van der Waals surface area contributed by atoms with Crippen LogP contribution in [-0.2, 0) is 4.79 Å². The van der Waals surface area contributed by atoms with Crippen LogP contribution in [-0.4, -0.2) is 20.5 Å². The molecule has 2 aromatic rings. The maximum Gasteiger partial charge on any atom is 0.226 e. The number of fused-ring (bicyclic) bond motifs is 1. The van der Waals surface area contributed by atoms with Gasteiger partial charge < -0.3 is 5.32 Å². The van der Waals surface area contributed by atoms with Gasteiger partial charge in [-0.2, -0.15) is 10.1 Å². The number of aromatic nitrogens is 3. The summed E-state index contributed by atoms with van der Waals surface area (Å²) >= 11 is 0. The monoisotopic (exact) mass is 308 g/mol. The molecule has 0 radical (unpaired) electrons. The Labute approximate surface area is 135 Å². The van der Waals surface area contributed by atoms with Crippen molar-refractivity contribution in [2.24, 2.45) is 5.41 Å². The first-order valence-corrected chi connectivity index (χ1v) is 7.94. The molecule has 1 aliphatic carbocycles. The van der Waals surface area contributed by atoms with Crippen LogP contribution >= 0.6 is 0 Å². The van der Waals surface area contributed by atoms with Gasteiger partial charge in [-0.15, -0.1) is 0 Å². The Balaban J connectivity index is 1.89. The average molecular weight is 308 g/mol. The highest BCUT2D eigenvalue weighted by atomic mass is 16.1. The largest absolute Gasteiger partial charge is 0.328 e. The van der Waals surface area contributed by atoms with E-state index in [0.29, 0.717) is 12.4 Å². The maximum absolute atomic E-state index is 12.9. The average Bonchev–Trinajstić information content (AvgIpc) is 2.92. The van der Waals surface area contributed by atoms with Gasteiger partial charge in [0.05, 0.1) is 0 Å². The number of aryl methyl sites for hydroxylation is 1. The van der Waals surface area contributed by atoms with Crippen LogP contribution in [0.5, 0.6) is 0 Å². The topological polar surface area (TPSA) is 59.8 Å². The first-order valence-electron chi connectivity index (χ1n) is 7.94. The summed E-state index contributed by atoms with van der Waals surface area (Å²) in [4.78, 5) is 17.2. The number of ketones is 1. The first kappa shape index (κ1) is 14.2. The molecule has 1 N–H and O–H groups in total. The van der Waals surface area contributed by atoms with E-state index in [1.54, 1.807) is 0 Å². The number of Topliss-reactive ketones (excluding diaryl/α,β-unsaturated/α-hetero) is 1. The van der Waals surface area contributed by atoms with Crippen molar-refractivity contribution >= 4 is 11.7 Å². The summed E-state index contributed by atoms with van der Waals surface area (Å²) in [6, 6.07) is 8.12. The Hall–Kier alpha value is -2.43. The van der Waals surface area contributed by atoms with Crippen LogP contribution in [0.3, 0.4) is 0 Å². The number of anilines is 1. The van der Waals surface area contributed by atoms with Gasteiger partial charge >= 0.3 is 0 Å². The van der Waals surface area contributed by atoms with Gasteiger partial charge in [-0.25, -0.2) is 4.68 Å². The predicted octanol–water partition coefficient (Wildman–Crippen LogP) is 3.24. The molecular formula is C18H20N4O. The minimum Gasteiger partial charge on any atom is -0.328 e. The van der Waals surface area contributed by atoms with Crippen LogP contribution in [0.1, 0.15) is 43.9 Å². The van der Waals surface area contributed by atoms with Crippen molar-refractivity contribution in [3.05, 3.63) is 53.0 Å². The van der Waals surface area contributed by atoms with Gasteiger partial charge in [0.2, 0.25) is 5.95 Å². The number of nitrogens with one attached hydrogen (secondary N) is 1. The van der Waals surface area contributed by atoms with Crippen molar-refractivity contribution in [3.8, 4) is 0 Å². The molecule has 118 valence electrons. The summed E-state index contributed by atoms with van der Waals surface area (Å²) in [5.41, 5.74) is 4.09. The zero-order valence-electron chi connectivity index (χ0n) is 13.6. The molecule has 1 aliphatic heterocycles. The van der Waals surface area contributed by atoms with E-state index in [-0.39, 0.29) is 17.2 Å². The zero-order chi connectivity index (χ0) is 16.2. The Morgan fingerprint density at radius 3 is 2.70 bits per heavy atom. The molecule has 0 fully saturated rings. The van der Waals surface area contributed by atoms with Gasteiger partial charge in [-0.3, -0.25) is 4.79 Å². The van der Waals surface area contributed by atoms with Crippen LogP contribution < -0.4 is 5.32 Å². The fraction of sp³-hybridized carbons (Fsp3) is 0.389. The smallest absolute Gasteiger partial charge is 0.226 e. The normalized spacial score (nSPS) is 22.4. The predicted molar refractivity (Wildman–Crippen MR) is 88.0 cm³/mol. The molecule has 1 atom stereocenters. The van der Waals surface area contributed by atoms with Crippen molar-refractivity contribution in [2.45, 2.75) is 39.7 Å². The third-order valence-electron chi connectivity index (χ3n) is 4.67. The molecule has 5 nitrogen and oxygen atoms in total. The summed E-state index contributed by atoms with van der Waals surface area (Å²) in [6.45, 7) is 6.33. The number of rotatable bonds is 1. The summed E-state index contributed by atoms with van der Waals surface area (Å²) in [7, 11) is 0. The van der Waals surface area contributed by atoms with Crippen LogP contribution in [0.15, 0.2) is 41.9 Å². The molecule has 0 bridgehead atoms. The van der Waals surface area contributed by atoms with Gasteiger partial charge in [-0.05, 0) is 24.3 Å². The van der Waals surface area contributed by atoms with Crippen molar-refractivity contribution in [1.82, 2.24) is 14.8 Å². The lowest BCUT2D eigenvalue weighted by molar-refractivity contribution is -0.118. The lowest BCUT2D eigenvalue weighted by Crippen LogP contribution is -2.36. The quantitative estimate of drug-likeness (QED) is 0.878. The molecule has 2 heterocycles. The van der Waals surface area contributed by atoms with Crippen molar-refractivity contribution in [3.63, 3.8) is 0 Å². The van der Waals surface area contributed by atoms with E-state index < -0.39 is 0 Å². The van der Waals surface area contributed by atoms with E-state index in [1.807, 2.05) is 4.68 Å². The SMILES string of the molecule is Cc1ccc(C2C3=C(CC(C)(C)CC3=O)Nc3ncnn32)cc1. The zero-order valence-corrected chi connectivity index (χ0v) is 13.6. The van der Waals surface area contributed by atoms with Gasteiger partial charge in [0.15, 0.2) is 5.78 Å². The standard InChI is InChI=1S/C18H20N4O/c1-11-4-6-12(7-5-11)16-15-13(8-18(2,3)9-14(15)23)21-17-19-10-20-22(16)17/h4-7,10,16H,8-9H2,1-3H3,(H,19,20,21). The van der Waals surface area contributed by atoms with Crippen LogP contribution in [0.2, 0.25) is 0 Å². The summed E-state index contributed by atoms with van der Waals surface area (Å²) in [5, 5.41) is 7.68. The fourth-order valence-electron chi connectivity index (χ4n) is 3.61. The van der Waals surface area contributed by atoms with E-state index in [9.17, 15) is 4.79 Å². The van der Waals surface area contributed by atoms with Gasteiger partial charge in [-0.1, -0.05) is 43.7 Å². The minimum absolute atomic E-state index is 0.0249. The molecule has 4 rings (SSSR count). The number of hydrogen-bond donors (Lipinski definition) is 1. The van der Waals surface area contributed by atoms with E-state index in [0.717, 1.165) is 23.3 Å². The summed E-state index contributed by atoms with van der Waals surface area (Å²) < 4.78 is 1.82. The Morgan fingerprint density at radius 2 is 1.96 bits per heavy atom. The molecule has 2 aliphatic rings. The maximum atomic E-state index is 12.9. The third kappa shape index (κ3) is 2.27. The van der Waals surface area contributed by atoms with Crippen molar-refractivity contribution in [2.75, 3.05) is 5.32 Å². The van der Waals surface area contributed by atoms with E-state index >= 15 is 0 Å². The molecule has 0 saturated carbocycles. The molecule has 5 heteroatoms. The molecule has 0 amide bonds. The lowest BCUT2D eigenvalue weighted by atomic mass is 9.73. The van der Waals surface area contributed by atoms with Gasteiger partial charge in [0.25, 0.3) is 0 Å². The molecule has 1 aromatic carbocycles. The first-order chi connectivity index (χ1) is 10.9. The highest BCUT2D eigenvalue weighted by Crippen LogP contribution is 2.44. The van der Waals surface area contributed by atoms with E-state index in [1.165, 1.54) is 11.9 Å². The second kappa shape index (κ2) is 4.78. The van der Waals surface area contributed by atoms with Crippen LogP contribution in [0, 0.1) is 12.3 Å². The number of allylic oxidation sites excluding steroid dienone is 2. The van der Waals surface area contributed by atoms with Crippen LogP contribution in [0.4, 0.5) is 5.95 Å². The highest BCUT2D eigenvalue weighted by molar-refractivity contribution is 6.00. The summed E-state index contributed by atoms with van der Waals surface area (Å²) in [5.74, 6) is 0.912. The molecular weight excluding hydrogens is 288 g/mol. The van der Waals surface area contributed by atoms with Crippen molar-refractivity contribution < 1.29 is 4.79 Å². The Bertz CT molecular complexity index is 814. The third-order valence-corrected chi connectivity index (χ3v) is 4.67. The molecule has 1 aromatic heterocycles. The fourth-order valence-corrected chi connectivity index (χ4v) is 3.61.